The molecule has 2 aliphatic heterocycles. The van der Waals surface area contributed by atoms with Crippen LogP contribution in [0.3, 0.4) is 0 Å². The van der Waals surface area contributed by atoms with E-state index in [4.69, 9.17) is 0 Å². The second kappa shape index (κ2) is 8.96. The van der Waals surface area contributed by atoms with Gasteiger partial charge < -0.3 is 14.6 Å². The Morgan fingerprint density at radius 3 is 2.09 bits per heavy atom. The topological polar surface area (TPSA) is 69.7 Å². The third-order valence-electron chi connectivity index (χ3n) is 4.92. The van der Waals surface area contributed by atoms with E-state index < -0.39 is 0 Å². The van der Waals surface area contributed by atoms with Gasteiger partial charge in [0.05, 0.1) is 6.54 Å². The molecule has 0 atom stereocenters. The number of amides is 2. The molecule has 7 heteroatoms. The molecule has 2 aliphatic rings. The number of carbonyl (C=O) groups excluding carboxylic acids is 3. The van der Waals surface area contributed by atoms with Gasteiger partial charge in [0.15, 0.2) is 0 Å². The quantitative estimate of drug-likeness (QED) is 0.524. The van der Waals surface area contributed by atoms with Gasteiger partial charge in [-0.15, -0.1) is 0 Å². The van der Waals surface area contributed by atoms with Crippen LogP contribution < -0.4 is 3.53 Å². The highest BCUT2D eigenvalue weighted by molar-refractivity contribution is 14.1. The summed E-state index contributed by atoms with van der Waals surface area (Å²) in [5.41, 5.74) is 0. The molecule has 2 rings (SSSR count). The summed E-state index contributed by atoms with van der Waals surface area (Å²) in [6.07, 6.45) is 4.04. The number of hydrogen-bond acceptors (Lipinski definition) is 4. The first-order valence-corrected chi connectivity index (χ1v) is 9.48. The highest BCUT2D eigenvalue weighted by Crippen LogP contribution is 2.25. The van der Waals surface area contributed by atoms with Gasteiger partial charge in [-0.3, -0.25) is 13.1 Å². The number of hydrogen-bond donors (Lipinski definition) is 1. The van der Waals surface area contributed by atoms with E-state index in [0.717, 1.165) is 38.8 Å². The summed E-state index contributed by atoms with van der Waals surface area (Å²) >= 11 is 1.97. The number of carbonyl (C=O) groups is 3. The summed E-state index contributed by atoms with van der Waals surface area (Å²) in [5, 5.41) is 0. The Balaban J connectivity index is 1.75. The van der Waals surface area contributed by atoms with Crippen molar-refractivity contribution in [1.82, 2.24) is 13.3 Å². The fourth-order valence-electron chi connectivity index (χ4n) is 3.57. The van der Waals surface area contributed by atoms with E-state index in [9.17, 15) is 14.4 Å². The number of Topliss-reactive ketones (excluding diaryl/α,β-unsaturated/α-hetero) is 1. The fourth-order valence-corrected chi connectivity index (χ4v) is 3.89. The zero-order valence-corrected chi connectivity index (χ0v) is 15.9. The normalized spacial score (nSPS) is 20.6. The van der Waals surface area contributed by atoms with Crippen LogP contribution in [0.25, 0.3) is 0 Å². The number of halogens is 1. The molecule has 0 aliphatic carbocycles. The Bertz CT molecular complexity index is 442. The van der Waals surface area contributed by atoms with E-state index in [1.165, 1.54) is 0 Å². The van der Waals surface area contributed by atoms with Crippen LogP contribution in [0.5, 0.6) is 0 Å². The Hall–Kier alpha value is -0.700. The SMILES string of the molecule is CC(=O)CC1CCN(C(=O)C2CCN(C(=O)CNI)CC2)CC1. The van der Waals surface area contributed by atoms with Crippen LogP contribution in [-0.4, -0.2) is 60.1 Å². The van der Waals surface area contributed by atoms with E-state index in [-0.39, 0.29) is 23.5 Å². The smallest absolute Gasteiger partial charge is 0.237 e. The van der Waals surface area contributed by atoms with Crippen molar-refractivity contribution in [3.8, 4) is 0 Å². The van der Waals surface area contributed by atoms with Gasteiger partial charge in [-0.2, -0.15) is 0 Å². The summed E-state index contributed by atoms with van der Waals surface area (Å²) in [6.45, 7) is 4.88. The largest absolute Gasteiger partial charge is 0.342 e. The molecule has 2 heterocycles. The van der Waals surface area contributed by atoms with Gasteiger partial charge in [0.25, 0.3) is 0 Å². The lowest BCUT2D eigenvalue weighted by molar-refractivity contribution is -0.141. The zero-order chi connectivity index (χ0) is 16.8. The minimum Gasteiger partial charge on any atom is -0.342 e. The molecule has 2 fully saturated rings. The average Bonchev–Trinajstić information content (AvgIpc) is 2.55. The summed E-state index contributed by atoms with van der Waals surface area (Å²) in [4.78, 5) is 39.5. The number of piperidine rings is 2. The predicted molar refractivity (Wildman–Crippen MR) is 95.9 cm³/mol. The van der Waals surface area contributed by atoms with Crippen LogP contribution in [-0.2, 0) is 14.4 Å². The Morgan fingerprint density at radius 2 is 1.57 bits per heavy atom. The van der Waals surface area contributed by atoms with Gasteiger partial charge in [-0.1, -0.05) is 0 Å². The molecular formula is C16H26IN3O3. The number of likely N-dealkylation sites (tertiary alicyclic amines) is 2. The molecule has 0 unspecified atom stereocenters. The van der Waals surface area contributed by atoms with Gasteiger partial charge in [0.1, 0.15) is 5.78 Å². The molecule has 0 bridgehead atoms. The maximum absolute atomic E-state index is 12.6. The molecule has 1 N–H and O–H groups in total. The molecule has 0 saturated carbocycles. The summed E-state index contributed by atoms with van der Waals surface area (Å²) in [6, 6.07) is 0. The average molecular weight is 435 g/mol. The molecule has 0 radical (unpaired) electrons. The van der Waals surface area contributed by atoms with Crippen LogP contribution in [0.4, 0.5) is 0 Å². The highest BCUT2D eigenvalue weighted by Gasteiger charge is 2.32. The number of rotatable bonds is 5. The van der Waals surface area contributed by atoms with Crippen LogP contribution in [0.1, 0.15) is 39.0 Å². The minimum absolute atomic E-state index is 0.0518. The van der Waals surface area contributed by atoms with Gasteiger partial charge in [-0.25, -0.2) is 0 Å². The summed E-state index contributed by atoms with van der Waals surface area (Å²) in [5.74, 6) is 1.08. The molecule has 130 valence electrons. The lowest BCUT2D eigenvalue weighted by Crippen LogP contribution is -2.47. The van der Waals surface area contributed by atoms with Gasteiger partial charge >= 0.3 is 0 Å². The van der Waals surface area contributed by atoms with E-state index in [2.05, 4.69) is 3.53 Å². The lowest BCUT2D eigenvalue weighted by atomic mass is 9.90. The van der Waals surface area contributed by atoms with Gasteiger partial charge in [-0.05, 0) is 38.5 Å². The van der Waals surface area contributed by atoms with Crippen molar-refractivity contribution in [3.05, 3.63) is 0 Å². The maximum atomic E-state index is 12.6. The van der Waals surface area contributed by atoms with Crippen molar-refractivity contribution >= 4 is 40.5 Å². The van der Waals surface area contributed by atoms with Gasteiger partial charge in [0.2, 0.25) is 11.8 Å². The molecule has 0 aromatic heterocycles. The molecule has 0 aromatic rings. The second-order valence-electron chi connectivity index (χ2n) is 6.64. The van der Waals surface area contributed by atoms with Crippen molar-refractivity contribution in [1.29, 1.82) is 0 Å². The molecule has 0 spiro atoms. The molecule has 2 amide bonds. The maximum Gasteiger partial charge on any atom is 0.237 e. The molecule has 0 aromatic carbocycles. The number of nitrogens with zero attached hydrogens (tertiary/aromatic N) is 2. The highest BCUT2D eigenvalue weighted by atomic mass is 127. The molecular weight excluding hydrogens is 409 g/mol. The van der Waals surface area contributed by atoms with Crippen molar-refractivity contribution < 1.29 is 14.4 Å². The monoisotopic (exact) mass is 435 g/mol. The van der Waals surface area contributed by atoms with Crippen molar-refractivity contribution in [2.24, 2.45) is 11.8 Å². The Morgan fingerprint density at radius 1 is 1.00 bits per heavy atom. The van der Waals surface area contributed by atoms with Gasteiger partial charge in [0, 0.05) is 61.4 Å². The van der Waals surface area contributed by atoms with Crippen LogP contribution >= 0.6 is 22.9 Å². The first-order chi connectivity index (χ1) is 11.0. The third kappa shape index (κ3) is 5.41. The van der Waals surface area contributed by atoms with E-state index >= 15 is 0 Å². The van der Waals surface area contributed by atoms with Crippen LogP contribution in [0.2, 0.25) is 0 Å². The standard InChI is InChI=1S/C16H26IN3O3/c1-12(21)10-13-2-6-20(7-3-13)16(23)14-4-8-19(9-5-14)15(22)11-18-17/h13-14,18H,2-11H2,1H3. The minimum atomic E-state index is 0.0518. The molecule has 23 heavy (non-hydrogen) atoms. The first kappa shape index (κ1) is 18.6. The number of nitrogens with one attached hydrogen (secondary N) is 1. The van der Waals surface area contributed by atoms with Crippen molar-refractivity contribution in [3.63, 3.8) is 0 Å². The number of ketones is 1. The summed E-state index contributed by atoms with van der Waals surface area (Å²) < 4.78 is 2.85. The summed E-state index contributed by atoms with van der Waals surface area (Å²) in [7, 11) is 0. The lowest BCUT2D eigenvalue weighted by Gasteiger charge is -2.37. The van der Waals surface area contributed by atoms with E-state index in [1.807, 2.05) is 32.7 Å². The van der Waals surface area contributed by atoms with Crippen molar-refractivity contribution in [2.75, 3.05) is 32.7 Å². The van der Waals surface area contributed by atoms with Crippen LogP contribution in [0, 0.1) is 11.8 Å². The first-order valence-electron chi connectivity index (χ1n) is 8.40. The van der Waals surface area contributed by atoms with E-state index in [0.29, 0.717) is 32.0 Å². The molecule has 6 nitrogen and oxygen atoms in total. The fraction of sp³-hybridized carbons (Fsp3) is 0.812. The van der Waals surface area contributed by atoms with Crippen LogP contribution in [0.15, 0.2) is 0 Å². The Labute approximate surface area is 151 Å². The molecule has 2 saturated heterocycles. The predicted octanol–water partition coefficient (Wildman–Crippen LogP) is 1.38. The zero-order valence-electron chi connectivity index (χ0n) is 13.7. The van der Waals surface area contributed by atoms with E-state index in [1.54, 1.807) is 6.92 Å². The Kier molecular flexibility index (Phi) is 7.26. The van der Waals surface area contributed by atoms with Crippen molar-refractivity contribution in [2.45, 2.75) is 39.0 Å². The second-order valence-corrected chi connectivity index (χ2v) is 7.40. The third-order valence-corrected chi connectivity index (χ3v) is 5.30.